The molecule has 4 aromatic heterocycles. The minimum Gasteiger partial charge on any atom is -0.296 e. The average Bonchev–Trinajstić information content (AvgIpc) is 3.32. The number of anilines is 1. The molecule has 0 aliphatic rings. The van der Waals surface area contributed by atoms with Crippen molar-refractivity contribution in [2.75, 3.05) is 5.32 Å². The molecule has 0 saturated carbocycles. The van der Waals surface area contributed by atoms with Crippen LogP contribution in [0.15, 0.2) is 48.5 Å². The molecular formula is C16H12N8OS. The fourth-order valence-electron chi connectivity index (χ4n) is 2.32. The first-order valence-electron chi connectivity index (χ1n) is 7.58. The third-order valence-electron chi connectivity index (χ3n) is 3.54. The van der Waals surface area contributed by atoms with E-state index in [4.69, 9.17) is 0 Å². The summed E-state index contributed by atoms with van der Waals surface area (Å²) in [6, 6.07) is 5.47. The van der Waals surface area contributed by atoms with Gasteiger partial charge in [-0.25, -0.2) is 15.0 Å². The molecule has 4 rings (SSSR count). The van der Waals surface area contributed by atoms with E-state index < -0.39 is 0 Å². The van der Waals surface area contributed by atoms with E-state index in [1.807, 2.05) is 24.4 Å². The van der Waals surface area contributed by atoms with E-state index in [0.29, 0.717) is 16.6 Å². The summed E-state index contributed by atoms with van der Waals surface area (Å²) in [5.74, 6) is 0.0684. The lowest BCUT2D eigenvalue weighted by molar-refractivity contribution is 0.101. The zero-order chi connectivity index (χ0) is 17.9. The largest absolute Gasteiger partial charge is 0.296 e. The summed E-state index contributed by atoms with van der Waals surface area (Å²) in [5.41, 5.74) is 2.76. The van der Waals surface area contributed by atoms with Crippen molar-refractivity contribution in [1.29, 1.82) is 0 Å². The van der Waals surface area contributed by atoms with Gasteiger partial charge in [-0.05, 0) is 18.6 Å². The minimum atomic E-state index is -0.382. The highest BCUT2D eigenvalue weighted by Crippen LogP contribution is 2.25. The Labute approximate surface area is 151 Å². The number of aryl methyl sites for hydroxylation is 1. The normalized spacial score (nSPS) is 10.7. The molecule has 0 aliphatic carbocycles. The number of carbonyl (C=O) groups is 1. The number of aromatic nitrogens is 7. The Bertz CT molecular complexity index is 1060. The number of pyridine rings is 1. The summed E-state index contributed by atoms with van der Waals surface area (Å²) < 4.78 is 1.34. The second-order valence-corrected chi connectivity index (χ2v) is 6.12. The fraction of sp³-hybridized carbons (Fsp3) is 0.0625. The first-order valence-corrected chi connectivity index (χ1v) is 8.46. The van der Waals surface area contributed by atoms with Crippen LogP contribution in [-0.2, 0) is 0 Å². The van der Waals surface area contributed by atoms with Crippen molar-refractivity contribution >= 4 is 22.4 Å². The van der Waals surface area contributed by atoms with Crippen molar-refractivity contribution in [3.05, 3.63) is 59.8 Å². The summed E-state index contributed by atoms with van der Waals surface area (Å²) in [6.45, 7) is 1.96. The molecule has 26 heavy (non-hydrogen) atoms. The van der Waals surface area contributed by atoms with Crippen LogP contribution >= 0.6 is 11.3 Å². The molecule has 4 aromatic rings. The van der Waals surface area contributed by atoms with E-state index in [1.54, 1.807) is 18.5 Å². The Morgan fingerprint density at radius 1 is 1.23 bits per heavy atom. The summed E-state index contributed by atoms with van der Waals surface area (Å²) in [7, 11) is 0. The van der Waals surface area contributed by atoms with E-state index >= 15 is 0 Å². The van der Waals surface area contributed by atoms with Crippen molar-refractivity contribution < 1.29 is 4.79 Å². The van der Waals surface area contributed by atoms with Crippen molar-refractivity contribution in [3.63, 3.8) is 0 Å². The molecular weight excluding hydrogens is 352 g/mol. The fourth-order valence-corrected chi connectivity index (χ4v) is 3.01. The SMILES string of the molecule is Cc1cccnc1-c1csc(NC(=O)c2cnnn2-c2ccncn2)n1. The van der Waals surface area contributed by atoms with E-state index in [1.165, 1.54) is 28.5 Å². The second kappa shape index (κ2) is 6.76. The van der Waals surface area contributed by atoms with Gasteiger partial charge in [-0.1, -0.05) is 11.3 Å². The Hall–Kier alpha value is -3.53. The van der Waals surface area contributed by atoms with Gasteiger partial charge in [0.1, 0.15) is 12.0 Å². The molecule has 0 spiro atoms. The molecule has 0 unspecified atom stereocenters. The van der Waals surface area contributed by atoms with Gasteiger partial charge in [-0.3, -0.25) is 15.1 Å². The van der Waals surface area contributed by atoms with Gasteiger partial charge in [-0.2, -0.15) is 4.68 Å². The van der Waals surface area contributed by atoms with Crippen LogP contribution < -0.4 is 5.32 Å². The summed E-state index contributed by atoms with van der Waals surface area (Å²) in [5, 5.41) is 12.8. The van der Waals surface area contributed by atoms with Gasteiger partial charge >= 0.3 is 0 Å². The summed E-state index contributed by atoms with van der Waals surface area (Å²) in [4.78, 5) is 29.3. The Morgan fingerprint density at radius 3 is 2.96 bits per heavy atom. The van der Waals surface area contributed by atoms with Gasteiger partial charge in [0.15, 0.2) is 16.6 Å². The lowest BCUT2D eigenvalue weighted by Crippen LogP contribution is -2.17. The van der Waals surface area contributed by atoms with Crippen molar-refractivity contribution in [3.8, 4) is 17.2 Å². The maximum Gasteiger partial charge on any atom is 0.277 e. The number of carbonyl (C=O) groups excluding carboxylic acids is 1. The monoisotopic (exact) mass is 364 g/mol. The van der Waals surface area contributed by atoms with Gasteiger partial charge in [-0.15, -0.1) is 16.4 Å². The van der Waals surface area contributed by atoms with Crippen LogP contribution in [0, 0.1) is 6.92 Å². The van der Waals surface area contributed by atoms with Crippen LogP contribution in [0.3, 0.4) is 0 Å². The quantitative estimate of drug-likeness (QED) is 0.590. The smallest absolute Gasteiger partial charge is 0.277 e. The highest BCUT2D eigenvalue weighted by molar-refractivity contribution is 7.14. The maximum atomic E-state index is 12.6. The molecule has 0 aromatic carbocycles. The zero-order valence-electron chi connectivity index (χ0n) is 13.6. The minimum absolute atomic E-state index is 0.245. The molecule has 128 valence electrons. The first kappa shape index (κ1) is 16.0. The van der Waals surface area contributed by atoms with Crippen LogP contribution in [-0.4, -0.2) is 40.8 Å². The number of nitrogens with zero attached hydrogens (tertiary/aromatic N) is 7. The van der Waals surface area contributed by atoms with Gasteiger partial charge in [0, 0.05) is 23.8 Å². The van der Waals surface area contributed by atoms with E-state index in [2.05, 4.69) is 35.6 Å². The number of hydrogen-bond donors (Lipinski definition) is 1. The number of thiazole rings is 1. The molecule has 0 fully saturated rings. The van der Waals surface area contributed by atoms with Crippen LogP contribution in [0.25, 0.3) is 17.2 Å². The molecule has 0 radical (unpaired) electrons. The van der Waals surface area contributed by atoms with E-state index in [9.17, 15) is 4.79 Å². The average molecular weight is 364 g/mol. The highest BCUT2D eigenvalue weighted by Gasteiger charge is 2.17. The predicted molar refractivity (Wildman–Crippen MR) is 95.0 cm³/mol. The summed E-state index contributed by atoms with van der Waals surface area (Å²) in [6.07, 6.45) is 6.02. The third-order valence-corrected chi connectivity index (χ3v) is 4.30. The summed E-state index contributed by atoms with van der Waals surface area (Å²) >= 11 is 1.32. The second-order valence-electron chi connectivity index (χ2n) is 5.26. The van der Waals surface area contributed by atoms with Crippen LogP contribution in [0.2, 0.25) is 0 Å². The molecule has 0 bridgehead atoms. The molecule has 10 heteroatoms. The number of hydrogen-bond acceptors (Lipinski definition) is 8. The van der Waals surface area contributed by atoms with Crippen molar-refractivity contribution in [2.24, 2.45) is 0 Å². The van der Waals surface area contributed by atoms with Crippen molar-refractivity contribution in [1.82, 2.24) is 34.9 Å². The highest BCUT2D eigenvalue weighted by atomic mass is 32.1. The van der Waals surface area contributed by atoms with Gasteiger partial charge < -0.3 is 0 Å². The Morgan fingerprint density at radius 2 is 2.15 bits per heavy atom. The van der Waals surface area contributed by atoms with E-state index in [-0.39, 0.29) is 11.6 Å². The third kappa shape index (κ3) is 3.05. The Kier molecular flexibility index (Phi) is 4.15. The lowest BCUT2D eigenvalue weighted by atomic mass is 10.2. The first-order chi connectivity index (χ1) is 12.7. The maximum absolute atomic E-state index is 12.6. The molecule has 1 N–H and O–H groups in total. The van der Waals surface area contributed by atoms with Crippen molar-refractivity contribution in [2.45, 2.75) is 6.92 Å². The van der Waals surface area contributed by atoms with Gasteiger partial charge in [0.05, 0.1) is 11.9 Å². The number of nitrogens with one attached hydrogen (secondary N) is 1. The molecule has 0 atom stereocenters. The molecule has 0 saturated heterocycles. The number of amides is 1. The molecule has 1 amide bonds. The topological polar surface area (TPSA) is 111 Å². The van der Waals surface area contributed by atoms with Gasteiger partial charge in [0.25, 0.3) is 5.91 Å². The number of rotatable bonds is 4. The molecule has 0 aliphatic heterocycles. The van der Waals surface area contributed by atoms with E-state index in [0.717, 1.165) is 11.3 Å². The van der Waals surface area contributed by atoms with Gasteiger partial charge in [0.2, 0.25) is 0 Å². The van der Waals surface area contributed by atoms with Crippen LogP contribution in [0.4, 0.5) is 5.13 Å². The predicted octanol–water partition coefficient (Wildman–Crippen LogP) is 2.14. The Balaban J connectivity index is 1.57. The standard InChI is InChI=1S/C16H12N8OS/c1-10-3-2-5-18-14(10)11-8-26-16(21-11)22-15(25)12-7-20-23-24(12)13-4-6-17-9-19-13/h2-9H,1H3,(H,21,22,25). The van der Waals surface area contributed by atoms with Crippen LogP contribution in [0.1, 0.15) is 16.1 Å². The van der Waals surface area contributed by atoms with Crippen LogP contribution in [0.5, 0.6) is 0 Å². The zero-order valence-corrected chi connectivity index (χ0v) is 14.4. The lowest BCUT2D eigenvalue weighted by Gasteiger charge is -2.04. The molecule has 9 nitrogen and oxygen atoms in total. The molecule has 4 heterocycles.